The van der Waals surface area contributed by atoms with Crippen LogP contribution in [0.2, 0.25) is 0 Å². The van der Waals surface area contributed by atoms with E-state index >= 15 is 0 Å². The van der Waals surface area contributed by atoms with Crippen LogP contribution < -0.4 is 14.2 Å². The molecule has 3 aromatic rings. The van der Waals surface area contributed by atoms with Crippen LogP contribution in [-0.4, -0.2) is 25.6 Å². The van der Waals surface area contributed by atoms with E-state index in [1.54, 1.807) is 25.3 Å². The Morgan fingerprint density at radius 1 is 0.923 bits per heavy atom. The largest absolute Gasteiger partial charge is 0.573 e. The lowest BCUT2D eigenvalue weighted by Gasteiger charge is -2.13. The first-order valence-corrected chi connectivity index (χ1v) is 7.70. The molecule has 1 heterocycles. The zero-order valence-electron chi connectivity index (χ0n) is 14.3. The highest BCUT2D eigenvalue weighted by Gasteiger charge is 2.31. The Labute approximate surface area is 148 Å². The van der Waals surface area contributed by atoms with Crippen LogP contribution in [0, 0.1) is 6.92 Å². The minimum absolute atomic E-state index is 0.290. The fraction of sp³-hybridized carbons (Fsp3) is 0.211. The number of benzene rings is 2. The van der Waals surface area contributed by atoms with Gasteiger partial charge in [-0.1, -0.05) is 12.1 Å². The van der Waals surface area contributed by atoms with E-state index in [0.717, 1.165) is 10.9 Å². The molecule has 0 spiro atoms. The van der Waals surface area contributed by atoms with Crippen molar-refractivity contribution in [2.45, 2.75) is 13.3 Å². The third-order valence-electron chi connectivity index (χ3n) is 3.88. The number of pyridine rings is 1. The summed E-state index contributed by atoms with van der Waals surface area (Å²) in [5.41, 5.74) is 2.62. The van der Waals surface area contributed by atoms with Crippen LogP contribution in [0.25, 0.3) is 22.2 Å². The Balaban J connectivity index is 2.10. The van der Waals surface area contributed by atoms with Crippen LogP contribution >= 0.6 is 0 Å². The predicted octanol–water partition coefficient (Wildman–Crippen LogP) is 5.13. The van der Waals surface area contributed by atoms with E-state index in [9.17, 15) is 13.2 Å². The zero-order valence-corrected chi connectivity index (χ0v) is 14.3. The molecule has 0 aliphatic rings. The van der Waals surface area contributed by atoms with Crippen LogP contribution in [0.15, 0.2) is 42.5 Å². The first kappa shape index (κ1) is 17.8. The molecule has 0 saturated carbocycles. The minimum atomic E-state index is -4.74. The molecule has 0 aliphatic heterocycles. The molecule has 2 aromatic carbocycles. The van der Waals surface area contributed by atoms with Gasteiger partial charge in [-0.05, 0) is 36.8 Å². The first-order valence-electron chi connectivity index (χ1n) is 7.70. The number of rotatable bonds is 4. The molecule has 7 heteroatoms. The van der Waals surface area contributed by atoms with Gasteiger partial charge in [-0.2, -0.15) is 0 Å². The number of methoxy groups -OCH3 is 2. The second-order valence-electron chi connectivity index (χ2n) is 5.62. The number of alkyl halides is 3. The molecule has 136 valence electrons. The third kappa shape index (κ3) is 3.66. The van der Waals surface area contributed by atoms with E-state index < -0.39 is 6.36 Å². The van der Waals surface area contributed by atoms with Crippen molar-refractivity contribution in [2.24, 2.45) is 0 Å². The van der Waals surface area contributed by atoms with Crippen molar-refractivity contribution in [1.29, 1.82) is 0 Å². The Kier molecular flexibility index (Phi) is 4.63. The number of fused-ring (bicyclic) bond motifs is 1. The standard InChI is InChI=1S/C19H16F3NO3/c1-11-7-15(12-5-4-6-13(8-12)26-19(20,21)22)23-16-10-18(25-3)17(24-2)9-14(11)16/h4-10H,1-3H3. The van der Waals surface area contributed by atoms with E-state index in [1.165, 1.54) is 25.3 Å². The average Bonchev–Trinajstić information content (AvgIpc) is 2.59. The van der Waals surface area contributed by atoms with Gasteiger partial charge in [0.2, 0.25) is 0 Å². The van der Waals surface area contributed by atoms with Gasteiger partial charge in [-0.15, -0.1) is 13.2 Å². The maximum absolute atomic E-state index is 12.4. The third-order valence-corrected chi connectivity index (χ3v) is 3.88. The van der Waals surface area contributed by atoms with Crippen molar-refractivity contribution in [3.63, 3.8) is 0 Å². The summed E-state index contributed by atoms with van der Waals surface area (Å²) in [7, 11) is 3.07. The molecule has 0 radical (unpaired) electrons. The lowest BCUT2D eigenvalue weighted by atomic mass is 10.0. The van der Waals surface area contributed by atoms with Crippen molar-refractivity contribution >= 4 is 10.9 Å². The monoisotopic (exact) mass is 363 g/mol. The molecule has 1 aromatic heterocycles. The summed E-state index contributed by atoms with van der Waals surface area (Å²) in [6.07, 6.45) is -4.74. The van der Waals surface area contributed by atoms with Crippen molar-refractivity contribution in [1.82, 2.24) is 4.98 Å². The number of hydrogen-bond donors (Lipinski definition) is 0. The van der Waals surface area contributed by atoms with Crippen molar-refractivity contribution < 1.29 is 27.4 Å². The second-order valence-corrected chi connectivity index (χ2v) is 5.62. The Bertz CT molecular complexity index is 955. The SMILES string of the molecule is COc1cc2nc(-c3cccc(OC(F)(F)F)c3)cc(C)c2cc1OC. The maximum Gasteiger partial charge on any atom is 0.573 e. The first-order chi connectivity index (χ1) is 12.3. The smallest absolute Gasteiger partial charge is 0.493 e. The summed E-state index contributed by atoms with van der Waals surface area (Å²) in [5, 5.41) is 0.870. The van der Waals surface area contributed by atoms with Gasteiger partial charge >= 0.3 is 6.36 Å². The second kappa shape index (κ2) is 6.74. The summed E-state index contributed by atoms with van der Waals surface area (Å²) in [6, 6.07) is 11.1. The molecule has 0 fully saturated rings. The number of halogens is 3. The zero-order chi connectivity index (χ0) is 18.9. The van der Waals surface area contributed by atoms with E-state index in [0.29, 0.717) is 28.3 Å². The van der Waals surface area contributed by atoms with E-state index in [1.807, 2.05) is 13.0 Å². The van der Waals surface area contributed by atoms with Crippen molar-refractivity contribution in [3.8, 4) is 28.5 Å². The van der Waals surface area contributed by atoms with Crippen molar-refractivity contribution in [3.05, 3.63) is 48.0 Å². The normalized spacial score (nSPS) is 11.5. The Morgan fingerprint density at radius 2 is 1.62 bits per heavy atom. The molecule has 0 N–H and O–H groups in total. The molecule has 0 atom stereocenters. The Hall–Kier alpha value is -2.96. The summed E-state index contributed by atoms with van der Waals surface area (Å²) in [6.45, 7) is 1.90. The number of hydrogen-bond acceptors (Lipinski definition) is 4. The molecular formula is C19H16F3NO3. The molecule has 0 saturated heterocycles. The molecular weight excluding hydrogens is 347 g/mol. The van der Waals surface area contributed by atoms with E-state index in [-0.39, 0.29) is 5.75 Å². The van der Waals surface area contributed by atoms with Gasteiger partial charge in [0, 0.05) is 17.0 Å². The topological polar surface area (TPSA) is 40.6 Å². The van der Waals surface area contributed by atoms with Crippen LogP contribution in [-0.2, 0) is 0 Å². The molecule has 0 bridgehead atoms. The highest BCUT2D eigenvalue weighted by Crippen LogP contribution is 2.35. The van der Waals surface area contributed by atoms with Gasteiger partial charge in [-0.3, -0.25) is 0 Å². The van der Waals surface area contributed by atoms with Gasteiger partial charge in [0.1, 0.15) is 5.75 Å². The summed E-state index contributed by atoms with van der Waals surface area (Å²) >= 11 is 0. The van der Waals surface area contributed by atoms with Gasteiger partial charge in [0.15, 0.2) is 11.5 Å². The molecule has 4 nitrogen and oxygen atoms in total. The lowest BCUT2D eigenvalue weighted by Crippen LogP contribution is -2.17. The van der Waals surface area contributed by atoms with Crippen LogP contribution in [0.1, 0.15) is 5.56 Å². The van der Waals surface area contributed by atoms with Crippen molar-refractivity contribution in [2.75, 3.05) is 14.2 Å². The Morgan fingerprint density at radius 3 is 2.27 bits per heavy atom. The van der Waals surface area contributed by atoms with E-state index in [4.69, 9.17) is 9.47 Å². The average molecular weight is 363 g/mol. The summed E-state index contributed by atoms with van der Waals surface area (Å²) < 4.78 is 51.9. The molecule has 0 unspecified atom stereocenters. The van der Waals surface area contributed by atoms with Gasteiger partial charge < -0.3 is 14.2 Å². The fourth-order valence-electron chi connectivity index (χ4n) is 2.72. The van der Waals surface area contributed by atoms with E-state index in [2.05, 4.69) is 9.72 Å². The maximum atomic E-state index is 12.4. The van der Waals surface area contributed by atoms with Gasteiger partial charge in [0.25, 0.3) is 0 Å². The number of nitrogens with zero attached hydrogens (tertiary/aromatic N) is 1. The number of aryl methyl sites for hydroxylation is 1. The highest BCUT2D eigenvalue weighted by molar-refractivity contribution is 5.88. The quantitative estimate of drug-likeness (QED) is 0.645. The summed E-state index contributed by atoms with van der Waals surface area (Å²) in [4.78, 5) is 4.56. The van der Waals surface area contributed by atoms with Crippen LogP contribution in [0.5, 0.6) is 17.2 Å². The predicted molar refractivity (Wildman–Crippen MR) is 91.7 cm³/mol. The van der Waals surface area contributed by atoms with Crippen LogP contribution in [0.4, 0.5) is 13.2 Å². The number of ether oxygens (including phenoxy) is 3. The minimum Gasteiger partial charge on any atom is -0.493 e. The highest BCUT2D eigenvalue weighted by atomic mass is 19.4. The molecule has 26 heavy (non-hydrogen) atoms. The molecule has 0 aliphatic carbocycles. The van der Waals surface area contributed by atoms with Gasteiger partial charge in [0.05, 0.1) is 25.4 Å². The summed E-state index contributed by atoms with van der Waals surface area (Å²) in [5.74, 6) is 0.818. The number of aromatic nitrogens is 1. The fourth-order valence-corrected chi connectivity index (χ4v) is 2.72. The lowest BCUT2D eigenvalue weighted by molar-refractivity contribution is -0.274. The van der Waals surface area contributed by atoms with Crippen LogP contribution in [0.3, 0.4) is 0 Å². The molecule has 0 amide bonds. The van der Waals surface area contributed by atoms with Gasteiger partial charge in [-0.25, -0.2) is 4.98 Å². The molecule has 3 rings (SSSR count).